The van der Waals surface area contributed by atoms with Gasteiger partial charge >= 0.3 is 6.09 Å². The third kappa shape index (κ3) is 8.46. The molecule has 1 unspecified atom stereocenters. The maximum Gasteiger partial charge on any atom is 0.408 e. The summed E-state index contributed by atoms with van der Waals surface area (Å²) in [7, 11) is 0. The van der Waals surface area contributed by atoms with Crippen molar-refractivity contribution in [1.29, 1.82) is 0 Å². The molecule has 12 nitrogen and oxygen atoms in total. The van der Waals surface area contributed by atoms with Gasteiger partial charge in [0.2, 0.25) is 23.5 Å². The number of carbonyl (C=O) groups is 6. The SMILES string of the molecule is C#CCNC(=O)CNC(=O)C(=O)C(CCC)NC(=O)[C@@H]1[C@@H]2[C@H](CN1C(=O)[C@@H](NC(=O)OC(C)(C)C)C(C)(C)C)C2(C)C. The highest BCUT2D eigenvalue weighted by atomic mass is 16.6. The Morgan fingerprint density at radius 3 is 2.17 bits per heavy atom. The van der Waals surface area contributed by atoms with E-state index in [0.717, 1.165) is 0 Å². The Balaban J connectivity index is 2.24. The number of hydrogen-bond acceptors (Lipinski definition) is 7. The molecule has 2 fully saturated rings. The molecule has 1 saturated carbocycles. The average Bonchev–Trinajstić information content (AvgIpc) is 3.19. The van der Waals surface area contributed by atoms with Crippen molar-refractivity contribution in [1.82, 2.24) is 26.2 Å². The van der Waals surface area contributed by atoms with E-state index in [-0.39, 0.29) is 30.2 Å². The number of fused-ring (bicyclic) bond motifs is 1. The minimum Gasteiger partial charge on any atom is -0.444 e. The first kappa shape index (κ1) is 34.6. The summed E-state index contributed by atoms with van der Waals surface area (Å²) in [5, 5.41) is 10.0. The molecule has 0 aromatic carbocycles. The van der Waals surface area contributed by atoms with Crippen LogP contribution < -0.4 is 21.3 Å². The van der Waals surface area contributed by atoms with Crippen molar-refractivity contribution in [2.75, 3.05) is 19.6 Å². The van der Waals surface area contributed by atoms with Gasteiger partial charge in [0.05, 0.1) is 19.1 Å². The lowest BCUT2D eigenvalue weighted by atomic mass is 9.85. The van der Waals surface area contributed by atoms with Gasteiger partial charge in [-0.15, -0.1) is 6.42 Å². The van der Waals surface area contributed by atoms with Crippen molar-refractivity contribution in [3.8, 4) is 12.3 Å². The monoisotopic (exact) mass is 589 g/mol. The van der Waals surface area contributed by atoms with Gasteiger partial charge < -0.3 is 30.9 Å². The fraction of sp³-hybridized carbons (Fsp3) is 0.733. The number of Topliss-reactive ketones (excluding diaryl/α,β-unsaturated/α-hetero) is 1. The lowest BCUT2D eigenvalue weighted by Crippen LogP contribution is -2.60. The highest BCUT2D eigenvalue weighted by molar-refractivity contribution is 6.38. The Hall–Kier alpha value is -3.62. The zero-order valence-electron chi connectivity index (χ0n) is 26.3. The van der Waals surface area contributed by atoms with Crippen LogP contribution in [0.4, 0.5) is 4.79 Å². The molecule has 1 saturated heterocycles. The Morgan fingerprint density at radius 2 is 1.64 bits per heavy atom. The molecule has 5 amide bonds. The number of hydrogen-bond donors (Lipinski definition) is 4. The molecule has 0 bridgehead atoms. The summed E-state index contributed by atoms with van der Waals surface area (Å²) in [5.74, 6) is -1.29. The standard InChI is InChI=1S/C30H47N5O7/c1-11-13-18(22(37)25(39)32-15-19(36)31-14-12-2)33-24(38)21-20-17(30(20,9)10)16-35(21)26(40)23(28(3,4)5)34-27(41)42-29(6,7)8/h2,17-18,20-21,23H,11,13-16H2,1,3-10H3,(H,31,36)(H,32,39)(H,33,38)(H,34,41)/t17-,18?,20-,21-,23+/m0/s1. The normalized spacial score (nSPS) is 22.0. The molecule has 0 aromatic heterocycles. The molecule has 5 atom stereocenters. The summed E-state index contributed by atoms with van der Waals surface area (Å²) in [4.78, 5) is 79.1. The molecule has 0 radical (unpaired) electrons. The predicted octanol–water partition coefficient (Wildman–Crippen LogP) is 1.13. The Labute approximate surface area is 248 Å². The maximum absolute atomic E-state index is 14.0. The lowest BCUT2D eigenvalue weighted by molar-refractivity contribution is -0.145. The zero-order chi connectivity index (χ0) is 32.2. The van der Waals surface area contributed by atoms with Gasteiger partial charge in [-0.25, -0.2) is 4.79 Å². The molecule has 4 N–H and O–H groups in total. The first-order valence-electron chi connectivity index (χ1n) is 14.4. The molecule has 1 heterocycles. The van der Waals surface area contributed by atoms with Crippen LogP contribution in [0.3, 0.4) is 0 Å². The van der Waals surface area contributed by atoms with Gasteiger partial charge in [0.15, 0.2) is 0 Å². The second kappa shape index (κ2) is 13.1. The summed E-state index contributed by atoms with van der Waals surface area (Å²) in [6.07, 6.45) is 5.03. The smallest absolute Gasteiger partial charge is 0.408 e. The molecule has 2 rings (SSSR count). The number of ether oxygens (including phenoxy) is 1. The number of piperidine rings is 1. The molecule has 0 aromatic rings. The highest BCUT2D eigenvalue weighted by Crippen LogP contribution is 2.65. The molecule has 1 aliphatic heterocycles. The van der Waals surface area contributed by atoms with Gasteiger partial charge in [-0.2, -0.15) is 0 Å². The number of ketones is 1. The number of alkyl carbamates (subject to hydrolysis) is 1. The Kier molecular flexibility index (Phi) is 10.8. The van der Waals surface area contributed by atoms with Gasteiger partial charge in [0.25, 0.3) is 5.91 Å². The van der Waals surface area contributed by atoms with Gasteiger partial charge in [0, 0.05) is 6.54 Å². The average molecular weight is 590 g/mol. The van der Waals surface area contributed by atoms with E-state index in [0.29, 0.717) is 13.0 Å². The van der Waals surface area contributed by atoms with E-state index in [1.54, 1.807) is 27.7 Å². The van der Waals surface area contributed by atoms with Crippen LogP contribution in [0, 0.1) is 35.0 Å². The van der Waals surface area contributed by atoms with Crippen LogP contribution in [-0.4, -0.2) is 83.8 Å². The predicted molar refractivity (Wildman–Crippen MR) is 156 cm³/mol. The maximum atomic E-state index is 14.0. The van der Waals surface area contributed by atoms with E-state index in [2.05, 4.69) is 27.2 Å². The van der Waals surface area contributed by atoms with Crippen molar-refractivity contribution >= 4 is 35.5 Å². The van der Waals surface area contributed by atoms with Crippen LogP contribution >= 0.6 is 0 Å². The second-order valence-electron chi connectivity index (χ2n) is 13.7. The highest BCUT2D eigenvalue weighted by Gasteiger charge is 2.70. The Morgan fingerprint density at radius 1 is 1.02 bits per heavy atom. The summed E-state index contributed by atoms with van der Waals surface area (Å²) in [6.45, 7) is 16.3. The van der Waals surface area contributed by atoms with Crippen LogP contribution in [0.2, 0.25) is 0 Å². The number of likely N-dealkylation sites (tertiary alicyclic amines) is 1. The zero-order valence-corrected chi connectivity index (χ0v) is 26.3. The summed E-state index contributed by atoms with van der Waals surface area (Å²) in [6, 6.07) is -3.03. The van der Waals surface area contributed by atoms with E-state index in [4.69, 9.17) is 11.2 Å². The fourth-order valence-electron chi connectivity index (χ4n) is 5.49. The van der Waals surface area contributed by atoms with E-state index in [1.807, 2.05) is 34.6 Å². The van der Waals surface area contributed by atoms with E-state index >= 15 is 0 Å². The molecular weight excluding hydrogens is 542 g/mol. The topological polar surface area (TPSA) is 163 Å². The lowest BCUT2D eigenvalue weighted by Gasteiger charge is -2.38. The van der Waals surface area contributed by atoms with Crippen molar-refractivity contribution in [2.45, 2.75) is 98.9 Å². The molecule has 12 heteroatoms. The third-order valence-corrected chi connectivity index (χ3v) is 7.77. The van der Waals surface area contributed by atoms with Gasteiger partial charge in [0.1, 0.15) is 17.7 Å². The first-order valence-corrected chi connectivity index (χ1v) is 14.4. The van der Waals surface area contributed by atoms with Crippen molar-refractivity contribution in [3.05, 3.63) is 0 Å². The van der Waals surface area contributed by atoms with Crippen LogP contribution in [0.15, 0.2) is 0 Å². The number of nitrogens with zero attached hydrogens (tertiary/aromatic N) is 1. The molecule has 2 aliphatic rings. The van der Waals surface area contributed by atoms with E-state index in [1.165, 1.54) is 4.90 Å². The van der Waals surface area contributed by atoms with Crippen LogP contribution in [0.25, 0.3) is 0 Å². The molecule has 0 spiro atoms. The first-order chi connectivity index (χ1) is 19.3. The number of nitrogens with one attached hydrogen (secondary N) is 4. The van der Waals surface area contributed by atoms with Crippen LogP contribution in [-0.2, 0) is 28.7 Å². The van der Waals surface area contributed by atoms with E-state index in [9.17, 15) is 28.8 Å². The van der Waals surface area contributed by atoms with Crippen LogP contribution in [0.5, 0.6) is 0 Å². The van der Waals surface area contributed by atoms with Gasteiger partial charge in [-0.05, 0) is 49.9 Å². The summed E-state index contributed by atoms with van der Waals surface area (Å²) >= 11 is 0. The molecule has 234 valence electrons. The third-order valence-electron chi connectivity index (χ3n) is 7.77. The fourth-order valence-corrected chi connectivity index (χ4v) is 5.49. The summed E-state index contributed by atoms with van der Waals surface area (Å²) < 4.78 is 5.39. The van der Waals surface area contributed by atoms with Crippen molar-refractivity contribution < 1.29 is 33.5 Å². The number of carbonyl (C=O) groups excluding carboxylic acids is 6. The van der Waals surface area contributed by atoms with Crippen molar-refractivity contribution in [2.24, 2.45) is 22.7 Å². The quantitative estimate of drug-likeness (QED) is 0.207. The van der Waals surface area contributed by atoms with E-state index < -0.39 is 71.2 Å². The second-order valence-corrected chi connectivity index (χ2v) is 13.7. The largest absolute Gasteiger partial charge is 0.444 e. The Bertz CT molecular complexity index is 1130. The molecular formula is C30H47N5O7. The van der Waals surface area contributed by atoms with Gasteiger partial charge in [-0.3, -0.25) is 24.0 Å². The number of rotatable bonds is 11. The molecule has 42 heavy (non-hydrogen) atoms. The minimum absolute atomic E-state index is 0.0182. The molecule has 1 aliphatic carbocycles. The van der Waals surface area contributed by atoms with Crippen LogP contribution in [0.1, 0.15) is 75.2 Å². The summed E-state index contributed by atoms with van der Waals surface area (Å²) in [5.41, 5.74) is -1.68. The van der Waals surface area contributed by atoms with Gasteiger partial charge in [-0.1, -0.05) is 53.9 Å². The van der Waals surface area contributed by atoms with Crippen molar-refractivity contribution in [3.63, 3.8) is 0 Å². The number of amides is 5. The number of terminal acetylenes is 1. The minimum atomic E-state index is -1.15.